The fraction of sp³-hybridized carbons (Fsp3) is 0.278. The lowest BCUT2D eigenvalue weighted by Gasteiger charge is -2.26. The molecule has 0 bridgehead atoms. The smallest absolute Gasteiger partial charge is 0.258 e. The van der Waals surface area contributed by atoms with Crippen LogP contribution in [0.1, 0.15) is 34.8 Å². The van der Waals surface area contributed by atoms with Gasteiger partial charge in [-0.3, -0.25) is 4.79 Å². The van der Waals surface area contributed by atoms with Gasteiger partial charge in [-0.25, -0.2) is 0 Å². The molecule has 5 heteroatoms. The van der Waals surface area contributed by atoms with E-state index in [0.29, 0.717) is 12.1 Å². The third-order valence-electron chi connectivity index (χ3n) is 4.18. The summed E-state index contributed by atoms with van der Waals surface area (Å²) < 4.78 is 6.05. The molecule has 1 unspecified atom stereocenters. The molecule has 1 heterocycles. The standard InChI is InChI=1S/C18H18BrNO3/c1-23-14-5-2-4-12(10-14)16-6-3-9-20(16)18(22)15-11-13(19)7-8-17(15)21/h2,4-5,7-8,10-11,16,21H,3,6,9H2,1H3. The number of phenols is 1. The van der Waals surface area contributed by atoms with Crippen LogP contribution in [0.4, 0.5) is 0 Å². The van der Waals surface area contributed by atoms with Crippen molar-refractivity contribution in [2.45, 2.75) is 18.9 Å². The Kier molecular flexibility index (Phi) is 4.57. The molecular weight excluding hydrogens is 358 g/mol. The average Bonchev–Trinajstić information content (AvgIpc) is 3.06. The predicted molar refractivity (Wildman–Crippen MR) is 91.8 cm³/mol. The first-order valence-corrected chi connectivity index (χ1v) is 8.33. The van der Waals surface area contributed by atoms with Crippen LogP contribution >= 0.6 is 15.9 Å². The van der Waals surface area contributed by atoms with Crippen LogP contribution in [0.3, 0.4) is 0 Å². The number of phenolic OH excluding ortho intramolecular Hbond substituents is 1. The van der Waals surface area contributed by atoms with Crippen LogP contribution in [0, 0.1) is 0 Å². The van der Waals surface area contributed by atoms with Crippen LogP contribution in [0.15, 0.2) is 46.9 Å². The normalized spacial score (nSPS) is 17.3. The Hall–Kier alpha value is -2.01. The Balaban J connectivity index is 1.91. The molecule has 1 atom stereocenters. The molecule has 0 aliphatic carbocycles. The van der Waals surface area contributed by atoms with E-state index in [4.69, 9.17) is 4.74 Å². The topological polar surface area (TPSA) is 49.8 Å². The van der Waals surface area contributed by atoms with E-state index >= 15 is 0 Å². The number of likely N-dealkylation sites (tertiary alicyclic amines) is 1. The summed E-state index contributed by atoms with van der Waals surface area (Å²) >= 11 is 3.35. The van der Waals surface area contributed by atoms with E-state index in [2.05, 4.69) is 15.9 Å². The number of hydrogen-bond donors (Lipinski definition) is 1. The van der Waals surface area contributed by atoms with E-state index in [-0.39, 0.29) is 17.7 Å². The van der Waals surface area contributed by atoms with Gasteiger partial charge < -0.3 is 14.7 Å². The zero-order valence-corrected chi connectivity index (χ0v) is 14.4. The highest BCUT2D eigenvalue weighted by Gasteiger charge is 2.31. The number of nitrogens with zero attached hydrogens (tertiary/aromatic N) is 1. The van der Waals surface area contributed by atoms with Crippen molar-refractivity contribution >= 4 is 21.8 Å². The minimum atomic E-state index is -0.144. The fourth-order valence-corrected chi connectivity index (χ4v) is 3.40. The van der Waals surface area contributed by atoms with Crippen molar-refractivity contribution < 1.29 is 14.6 Å². The molecule has 1 N–H and O–H groups in total. The van der Waals surface area contributed by atoms with Gasteiger partial charge in [0.1, 0.15) is 11.5 Å². The maximum atomic E-state index is 12.9. The highest BCUT2D eigenvalue weighted by atomic mass is 79.9. The first-order chi connectivity index (χ1) is 11.1. The molecule has 23 heavy (non-hydrogen) atoms. The molecular formula is C18H18BrNO3. The Labute approximate surface area is 143 Å². The van der Waals surface area contributed by atoms with Crippen LogP contribution < -0.4 is 4.74 Å². The highest BCUT2D eigenvalue weighted by Crippen LogP contribution is 2.36. The summed E-state index contributed by atoms with van der Waals surface area (Å²) in [7, 11) is 1.64. The van der Waals surface area contributed by atoms with Crippen LogP contribution in [0.25, 0.3) is 0 Å². The van der Waals surface area contributed by atoms with E-state index in [1.165, 1.54) is 6.07 Å². The summed E-state index contributed by atoms with van der Waals surface area (Å²) in [6.07, 6.45) is 1.86. The number of carbonyl (C=O) groups is 1. The Morgan fingerprint density at radius 2 is 2.13 bits per heavy atom. The van der Waals surface area contributed by atoms with Crippen molar-refractivity contribution in [3.63, 3.8) is 0 Å². The van der Waals surface area contributed by atoms with E-state index < -0.39 is 0 Å². The summed E-state index contributed by atoms with van der Waals surface area (Å²) in [5.41, 5.74) is 1.39. The number of rotatable bonds is 3. The number of benzene rings is 2. The van der Waals surface area contributed by atoms with E-state index in [9.17, 15) is 9.90 Å². The summed E-state index contributed by atoms with van der Waals surface area (Å²) in [5.74, 6) is 0.649. The first kappa shape index (κ1) is 15.9. The number of amides is 1. The fourth-order valence-electron chi connectivity index (χ4n) is 3.04. The van der Waals surface area contributed by atoms with E-state index in [1.807, 2.05) is 29.2 Å². The predicted octanol–water partition coefficient (Wildman–Crippen LogP) is 4.14. The van der Waals surface area contributed by atoms with Crippen molar-refractivity contribution in [2.75, 3.05) is 13.7 Å². The zero-order valence-electron chi connectivity index (χ0n) is 12.8. The van der Waals surface area contributed by atoms with Crippen LogP contribution in [0.5, 0.6) is 11.5 Å². The number of hydrogen-bond acceptors (Lipinski definition) is 3. The van der Waals surface area contributed by atoms with Gasteiger partial charge in [0.2, 0.25) is 0 Å². The number of carbonyl (C=O) groups excluding carboxylic acids is 1. The zero-order chi connectivity index (χ0) is 16.4. The minimum Gasteiger partial charge on any atom is -0.507 e. The molecule has 0 radical (unpaired) electrons. The van der Waals surface area contributed by atoms with Gasteiger partial charge in [0.05, 0.1) is 18.7 Å². The summed E-state index contributed by atoms with van der Waals surface area (Å²) in [6, 6.07) is 12.7. The van der Waals surface area contributed by atoms with Gasteiger partial charge in [0.15, 0.2) is 0 Å². The van der Waals surface area contributed by atoms with Gasteiger partial charge in [0.25, 0.3) is 5.91 Å². The van der Waals surface area contributed by atoms with Gasteiger partial charge in [-0.1, -0.05) is 28.1 Å². The van der Waals surface area contributed by atoms with Gasteiger partial charge in [-0.05, 0) is 48.7 Å². The molecule has 1 aliphatic heterocycles. The monoisotopic (exact) mass is 375 g/mol. The highest BCUT2D eigenvalue weighted by molar-refractivity contribution is 9.10. The third-order valence-corrected chi connectivity index (χ3v) is 4.67. The van der Waals surface area contributed by atoms with Crippen molar-refractivity contribution in [1.29, 1.82) is 0 Å². The number of methoxy groups -OCH3 is 1. The van der Waals surface area contributed by atoms with Crippen molar-refractivity contribution in [2.24, 2.45) is 0 Å². The molecule has 0 spiro atoms. The van der Waals surface area contributed by atoms with Crippen LogP contribution in [-0.4, -0.2) is 29.6 Å². The molecule has 120 valence electrons. The maximum Gasteiger partial charge on any atom is 0.258 e. The van der Waals surface area contributed by atoms with Crippen molar-refractivity contribution in [1.82, 2.24) is 4.90 Å². The van der Waals surface area contributed by atoms with E-state index in [1.54, 1.807) is 19.2 Å². The second-order valence-electron chi connectivity index (χ2n) is 5.59. The van der Waals surface area contributed by atoms with Crippen molar-refractivity contribution in [3.8, 4) is 11.5 Å². The lowest BCUT2D eigenvalue weighted by atomic mass is 10.0. The molecule has 2 aromatic rings. The molecule has 1 saturated heterocycles. The summed E-state index contributed by atoms with van der Waals surface area (Å²) in [5, 5.41) is 10.0. The molecule has 4 nitrogen and oxygen atoms in total. The lowest BCUT2D eigenvalue weighted by Crippen LogP contribution is -2.30. The Morgan fingerprint density at radius 3 is 2.91 bits per heavy atom. The van der Waals surface area contributed by atoms with E-state index in [0.717, 1.165) is 28.6 Å². The van der Waals surface area contributed by atoms with Crippen LogP contribution in [-0.2, 0) is 0 Å². The largest absolute Gasteiger partial charge is 0.507 e. The number of ether oxygens (including phenoxy) is 1. The van der Waals surface area contributed by atoms with Gasteiger partial charge in [-0.15, -0.1) is 0 Å². The average molecular weight is 376 g/mol. The lowest BCUT2D eigenvalue weighted by molar-refractivity contribution is 0.0732. The molecule has 3 rings (SSSR count). The van der Waals surface area contributed by atoms with Gasteiger partial charge in [0, 0.05) is 11.0 Å². The SMILES string of the molecule is COc1cccc(C2CCCN2C(=O)c2cc(Br)ccc2O)c1. The third kappa shape index (κ3) is 3.20. The Morgan fingerprint density at radius 1 is 1.30 bits per heavy atom. The first-order valence-electron chi connectivity index (χ1n) is 7.53. The summed E-state index contributed by atoms with van der Waals surface area (Å²) in [4.78, 5) is 14.7. The van der Waals surface area contributed by atoms with Gasteiger partial charge >= 0.3 is 0 Å². The number of halogens is 1. The molecule has 0 saturated carbocycles. The second kappa shape index (κ2) is 6.62. The van der Waals surface area contributed by atoms with Crippen molar-refractivity contribution in [3.05, 3.63) is 58.1 Å². The molecule has 0 aromatic heterocycles. The molecule has 2 aromatic carbocycles. The Bertz CT molecular complexity index is 732. The molecule has 1 aliphatic rings. The van der Waals surface area contributed by atoms with Gasteiger partial charge in [-0.2, -0.15) is 0 Å². The summed E-state index contributed by atoms with van der Waals surface area (Å²) in [6.45, 7) is 0.687. The minimum absolute atomic E-state index is 0.00879. The number of aromatic hydroxyl groups is 1. The molecule has 1 amide bonds. The maximum absolute atomic E-state index is 12.9. The second-order valence-corrected chi connectivity index (χ2v) is 6.51. The van der Waals surface area contributed by atoms with Crippen LogP contribution in [0.2, 0.25) is 0 Å². The molecule has 1 fully saturated rings. The quantitative estimate of drug-likeness (QED) is 0.876.